The summed E-state index contributed by atoms with van der Waals surface area (Å²) in [6.45, 7) is 4.84. The third-order valence-electron chi connectivity index (χ3n) is 4.59. The topological polar surface area (TPSA) is 42.2 Å². The largest absolute Gasteiger partial charge is 0.490 e. The highest BCUT2D eigenvalue weighted by atomic mass is 16.5. The van der Waals surface area contributed by atoms with E-state index >= 15 is 0 Å². The monoisotopic (exact) mass is 271 g/mol. The van der Waals surface area contributed by atoms with Crippen molar-refractivity contribution in [2.75, 3.05) is 6.61 Å². The smallest absolute Gasteiger partial charge is 0.125 e. The van der Waals surface area contributed by atoms with Crippen LogP contribution in [0.2, 0.25) is 0 Å². The summed E-state index contributed by atoms with van der Waals surface area (Å²) < 4.78 is 12.2. The molecule has 1 aromatic rings. The summed E-state index contributed by atoms with van der Waals surface area (Å²) in [5, 5.41) is 9.00. The van der Waals surface area contributed by atoms with Crippen LogP contribution in [0.5, 0.6) is 5.75 Å². The second kappa shape index (κ2) is 5.10. The van der Waals surface area contributed by atoms with Gasteiger partial charge in [0.25, 0.3) is 0 Å². The summed E-state index contributed by atoms with van der Waals surface area (Å²) in [7, 11) is 0. The fourth-order valence-corrected chi connectivity index (χ4v) is 3.37. The van der Waals surface area contributed by atoms with Gasteiger partial charge in [-0.3, -0.25) is 0 Å². The van der Waals surface area contributed by atoms with Gasteiger partial charge in [-0.2, -0.15) is 5.26 Å². The van der Waals surface area contributed by atoms with Crippen molar-refractivity contribution in [2.24, 2.45) is 0 Å². The zero-order chi connectivity index (χ0) is 14.2. The Bertz CT molecular complexity index is 532. The third-order valence-corrected chi connectivity index (χ3v) is 4.59. The van der Waals surface area contributed by atoms with Gasteiger partial charge in [-0.25, -0.2) is 0 Å². The van der Waals surface area contributed by atoms with Gasteiger partial charge in [0.2, 0.25) is 0 Å². The Hall–Kier alpha value is -1.53. The van der Waals surface area contributed by atoms with E-state index in [-0.39, 0.29) is 11.7 Å². The number of benzene rings is 1. The van der Waals surface area contributed by atoms with E-state index in [2.05, 4.69) is 6.07 Å². The number of hydrogen-bond acceptors (Lipinski definition) is 3. The predicted molar refractivity (Wildman–Crippen MR) is 76.8 cm³/mol. The molecule has 1 aliphatic carbocycles. The molecule has 106 valence electrons. The SMILES string of the molecule is Cc1cc(C#N)cc(C)c1OC1CCOC2(CCC2)C1. The van der Waals surface area contributed by atoms with Crippen LogP contribution in [0.25, 0.3) is 0 Å². The van der Waals surface area contributed by atoms with Crippen LogP contribution in [-0.2, 0) is 4.74 Å². The summed E-state index contributed by atoms with van der Waals surface area (Å²) in [5.41, 5.74) is 2.92. The molecule has 0 N–H and O–H groups in total. The summed E-state index contributed by atoms with van der Waals surface area (Å²) in [5.74, 6) is 0.949. The van der Waals surface area contributed by atoms with Crippen molar-refractivity contribution >= 4 is 0 Å². The predicted octanol–water partition coefficient (Wildman–Crippen LogP) is 3.66. The molecule has 3 rings (SSSR count). The molecular formula is C17H21NO2. The highest BCUT2D eigenvalue weighted by Gasteiger charge is 2.43. The Labute approximate surface area is 120 Å². The summed E-state index contributed by atoms with van der Waals surface area (Å²) >= 11 is 0. The minimum Gasteiger partial charge on any atom is -0.490 e. The zero-order valence-corrected chi connectivity index (χ0v) is 12.2. The minimum absolute atomic E-state index is 0.108. The van der Waals surface area contributed by atoms with Gasteiger partial charge in [0.05, 0.1) is 23.8 Å². The van der Waals surface area contributed by atoms with Crippen LogP contribution < -0.4 is 4.74 Å². The molecule has 1 atom stereocenters. The molecule has 3 heteroatoms. The Morgan fingerprint density at radius 2 is 2.00 bits per heavy atom. The first kappa shape index (κ1) is 13.5. The van der Waals surface area contributed by atoms with Gasteiger partial charge in [0, 0.05) is 12.8 Å². The lowest BCUT2D eigenvalue weighted by Gasteiger charge is -2.47. The molecule has 1 unspecified atom stereocenters. The van der Waals surface area contributed by atoms with Crippen LogP contribution in [0.4, 0.5) is 0 Å². The fourth-order valence-electron chi connectivity index (χ4n) is 3.37. The molecule has 1 aromatic carbocycles. The Morgan fingerprint density at radius 1 is 1.30 bits per heavy atom. The van der Waals surface area contributed by atoms with E-state index in [0.717, 1.165) is 36.3 Å². The quantitative estimate of drug-likeness (QED) is 0.824. The van der Waals surface area contributed by atoms with Crippen LogP contribution >= 0.6 is 0 Å². The molecule has 0 bridgehead atoms. The highest BCUT2D eigenvalue weighted by molar-refractivity contribution is 5.47. The van der Waals surface area contributed by atoms with Gasteiger partial charge in [0.15, 0.2) is 0 Å². The lowest BCUT2D eigenvalue weighted by molar-refractivity contribution is -0.153. The van der Waals surface area contributed by atoms with Crippen molar-refractivity contribution in [3.05, 3.63) is 28.8 Å². The second-order valence-electron chi connectivity index (χ2n) is 6.17. The van der Waals surface area contributed by atoms with Gasteiger partial charge in [-0.05, 0) is 56.4 Å². The van der Waals surface area contributed by atoms with Crippen LogP contribution in [-0.4, -0.2) is 18.3 Å². The Balaban J connectivity index is 1.76. The van der Waals surface area contributed by atoms with Gasteiger partial charge in [-0.15, -0.1) is 0 Å². The maximum atomic E-state index is 9.00. The van der Waals surface area contributed by atoms with E-state index in [1.807, 2.05) is 26.0 Å². The Morgan fingerprint density at radius 3 is 2.55 bits per heavy atom. The first-order valence-corrected chi connectivity index (χ1v) is 7.44. The van der Waals surface area contributed by atoms with E-state index < -0.39 is 0 Å². The normalized spacial score (nSPS) is 23.9. The van der Waals surface area contributed by atoms with Crippen LogP contribution in [0, 0.1) is 25.2 Å². The standard InChI is InChI=1S/C17H21NO2/c1-12-8-14(11-18)9-13(2)16(12)20-15-4-7-19-17(10-15)5-3-6-17/h8-9,15H,3-7,10H2,1-2H3. The van der Waals surface area contributed by atoms with E-state index in [4.69, 9.17) is 14.7 Å². The second-order valence-corrected chi connectivity index (χ2v) is 6.17. The van der Waals surface area contributed by atoms with Crippen LogP contribution in [0.1, 0.15) is 48.8 Å². The Kier molecular flexibility index (Phi) is 3.43. The summed E-state index contributed by atoms with van der Waals surface area (Å²) in [6.07, 6.45) is 5.85. The number of hydrogen-bond donors (Lipinski definition) is 0. The summed E-state index contributed by atoms with van der Waals surface area (Å²) in [4.78, 5) is 0. The summed E-state index contributed by atoms with van der Waals surface area (Å²) in [6, 6.07) is 6.00. The molecule has 1 spiro atoms. The molecule has 2 fully saturated rings. The van der Waals surface area contributed by atoms with E-state index in [1.165, 1.54) is 19.3 Å². The number of nitriles is 1. The minimum atomic E-state index is 0.108. The van der Waals surface area contributed by atoms with Crippen molar-refractivity contribution in [1.29, 1.82) is 5.26 Å². The first-order valence-electron chi connectivity index (χ1n) is 7.44. The highest BCUT2D eigenvalue weighted by Crippen LogP contribution is 2.43. The zero-order valence-electron chi connectivity index (χ0n) is 12.2. The molecule has 3 nitrogen and oxygen atoms in total. The molecule has 2 aliphatic rings. The fraction of sp³-hybridized carbons (Fsp3) is 0.588. The molecular weight excluding hydrogens is 250 g/mol. The number of ether oxygens (including phenoxy) is 2. The molecule has 1 saturated heterocycles. The third kappa shape index (κ3) is 2.41. The molecule has 0 aromatic heterocycles. The molecule has 1 saturated carbocycles. The lowest BCUT2D eigenvalue weighted by Crippen LogP contribution is -2.48. The van der Waals surface area contributed by atoms with E-state index in [9.17, 15) is 0 Å². The van der Waals surface area contributed by atoms with Crippen LogP contribution in [0.3, 0.4) is 0 Å². The molecule has 0 radical (unpaired) electrons. The lowest BCUT2D eigenvalue weighted by atomic mass is 9.74. The maximum absolute atomic E-state index is 9.00. The van der Waals surface area contributed by atoms with E-state index in [1.54, 1.807) is 0 Å². The van der Waals surface area contributed by atoms with Gasteiger partial charge < -0.3 is 9.47 Å². The van der Waals surface area contributed by atoms with Crippen molar-refractivity contribution in [2.45, 2.75) is 57.7 Å². The number of aryl methyl sites for hydroxylation is 2. The van der Waals surface area contributed by atoms with Crippen molar-refractivity contribution in [3.8, 4) is 11.8 Å². The first-order chi connectivity index (χ1) is 9.62. The van der Waals surface area contributed by atoms with Crippen LogP contribution in [0.15, 0.2) is 12.1 Å². The molecule has 1 heterocycles. The van der Waals surface area contributed by atoms with Gasteiger partial charge in [-0.1, -0.05) is 0 Å². The van der Waals surface area contributed by atoms with Gasteiger partial charge >= 0.3 is 0 Å². The van der Waals surface area contributed by atoms with E-state index in [0.29, 0.717) is 5.56 Å². The van der Waals surface area contributed by atoms with Gasteiger partial charge in [0.1, 0.15) is 11.9 Å². The van der Waals surface area contributed by atoms with Crippen molar-refractivity contribution in [3.63, 3.8) is 0 Å². The molecule has 1 aliphatic heterocycles. The maximum Gasteiger partial charge on any atom is 0.125 e. The number of nitrogens with zero attached hydrogens (tertiary/aromatic N) is 1. The van der Waals surface area contributed by atoms with Crippen molar-refractivity contribution < 1.29 is 9.47 Å². The van der Waals surface area contributed by atoms with Crippen molar-refractivity contribution in [1.82, 2.24) is 0 Å². The average molecular weight is 271 g/mol. The number of rotatable bonds is 2. The average Bonchev–Trinajstić information content (AvgIpc) is 2.41. The molecule has 20 heavy (non-hydrogen) atoms. The molecule has 0 amide bonds.